The number of hydrogen-bond donors (Lipinski definition) is 2. The number of carbonyl (C=O) groups is 1. The zero-order valence-electron chi connectivity index (χ0n) is 14.8. The molecule has 1 amide bonds. The molecular weight excluding hydrogens is 334 g/mol. The van der Waals surface area contributed by atoms with Crippen LogP contribution in [0.1, 0.15) is 25.7 Å². The highest BCUT2D eigenvalue weighted by atomic mass is 16.6. The topological polar surface area (TPSA) is 90.8 Å². The number of nitrogens with one attached hydrogen (secondary N) is 2. The fraction of sp³-hybridized carbons (Fsp3) is 0.611. The third-order valence-corrected chi connectivity index (χ3v) is 5.95. The van der Waals surface area contributed by atoms with Crippen molar-refractivity contribution in [1.82, 2.24) is 15.8 Å². The van der Waals surface area contributed by atoms with E-state index in [1.54, 1.807) is 12.1 Å². The smallest absolute Gasteiger partial charge is 0.269 e. The van der Waals surface area contributed by atoms with Crippen molar-refractivity contribution in [2.45, 2.75) is 37.8 Å². The van der Waals surface area contributed by atoms with Gasteiger partial charge in [-0.05, 0) is 25.0 Å². The molecule has 1 saturated carbocycles. The van der Waals surface area contributed by atoms with Gasteiger partial charge >= 0.3 is 0 Å². The lowest BCUT2D eigenvalue weighted by molar-refractivity contribution is -0.384. The number of nitro groups is 1. The van der Waals surface area contributed by atoms with Crippen molar-refractivity contribution in [2.75, 3.05) is 31.1 Å². The van der Waals surface area contributed by atoms with E-state index in [2.05, 4.69) is 15.8 Å². The number of anilines is 1. The van der Waals surface area contributed by atoms with E-state index in [0.29, 0.717) is 25.0 Å². The molecule has 0 spiro atoms. The van der Waals surface area contributed by atoms with Crippen LogP contribution >= 0.6 is 0 Å². The number of amides is 1. The van der Waals surface area contributed by atoms with Crippen LogP contribution in [0.25, 0.3) is 0 Å². The summed E-state index contributed by atoms with van der Waals surface area (Å²) in [5.74, 6) is 0.610. The van der Waals surface area contributed by atoms with Gasteiger partial charge < -0.3 is 9.80 Å². The van der Waals surface area contributed by atoms with E-state index in [0.717, 1.165) is 31.6 Å². The van der Waals surface area contributed by atoms with E-state index in [-0.39, 0.29) is 22.6 Å². The standard InChI is InChI=1S/C18H25N5O3/c24-18(17-15-3-1-2-4-16(15)19-20-17)22-11-9-21(10-12-22)13-5-7-14(8-6-13)23(25)26/h5-8,15-17,19-20H,1-4,9-12H2. The predicted octanol–water partition coefficient (Wildman–Crippen LogP) is 1.28. The lowest BCUT2D eigenvalue weighted by Gasteiger charge is -2.38. The number of benzene rings is 1. The lowest BCUT2D eigenvalue weighted by Crippen LogP contribution is -2.55. The molecule has 1 aromatic rings. The molecule has 2 aliphatic heterocycles. The molecule has 3 fully saturated rings. The molecule has 8 nitrogen and oxygen atoms in total. The molecular formula is C18H25N5O3. The van der Waals surface area contributed by atoms with Gasteiger partial charge in [-0.2, -0.15) is 0 Å². The Morgan fingerprint density at radius 1 is 1.04 bits per heavy atom. The summed E-state index contributed by atoms with van der Waals surface area (Å²) in [5, 5.41) is 10.8. The third-order valence-electron chi connectivity index (χ3n) is 5.95. The molecule has 3 unspecified atom stereocenters. The van der Waals surface area contributed by atoms with Crippen LogP contribution < -0.4 is 15.8 Å². The van der Waals surface area contributed by atoms with E-state index < -0.39 is 0 Å². The van der Waals surface area contributed by atoms with Crippen molar-refractivity contribution in [1.29, 1.82) is 0 Å². The van der Waals surface area contributed by atoms with Gasteiger partial charge in [-0.1, -0.05) is 12.8 Å². The molecule has 2 heterocycles. The SMILES string of the molecule is O=C(C1NNC2CCCCC21)N1CCN(c2ccc([N+](=O)[O-])cc2)CC1. The highest BCUT2D eigenvalue weighted by molar-refractivity contribution is 5.83. The first-order valence-electron chi connectivity index (χ1n) is 9.43. The quantitative estimate of drug-likeness (QED) is 0.624. The molecule has 0 radical (unpaired) electrons. The largest absolute Gasteiger partial charge is 0.368 e. The molecule has 140 valence electrons. The van der Waals surface area contributed by atoms with Gasteiger partial charge in [0.15, 0.2) is 0 Å². The first-order chi connectivity index (χ1) is 12.6. The minimum absolute atomic E-state index is 0.101. The Labute approximate surface area is 152 Å². The molecule has 3 aliphatic rings. The number of hydrazine groups is 1. The average Bonchev–Trinajstić information content (AvgIpc) is 3.12. The summed E-state index contributed by atoms with van der Waals surface area (Å²) in [6.07, 6.45) is 4.71. The van der Waals surface area contributed by atoms with Gasteiger partial charge in [0, 0.05) is 56.0 Å². The lowest BCUT2D eigenvalue weighted by atomic mass is 9.81. The second-order valence-corrected chi connectivity index (χ2v) is 7.41. The number of hydrogen-bond acceptors (Lipinski definition) is 6. The molecule has 0 aromatic heterocycles. The van der Waals surface area contributed by atoms with Crippen molar-refractivity contribution in [3.63, 3.8) is 0 Å². The van der Waals surface area contributed by atoms with Gasteiger partial charge in [-0.15, -0.1) is 0 Å². The molecule has 4 rings (SSSR count). The van der Waals surface area contributed by atoms with Gasteiger partial charge in [0.25, 0.3) is 5.69 Å². The van der Waals surface area contributed by atoms with Gasteiger partial charge in [0.1, 0.15) is 6.04 Å². The summed E-state index contributed by atoms with van der Waals surface area (Å²) in [6, 6.07) is 6.95. The van der Waals surface area contributed by atoms with Gasteiger partial charge in [-0.25, -0.2) is 5.43 Å². The summed E-state index contributed by atoms with van der Waals surface area (Å²) < 4.78 is 0. The summed E-state index contributed by atoms with van der Waals surface area (Å²) >= 11 is 0. The van der Waals surface area contributed by atoms with E-state index >= 15 is 0 Å². The third kappa shape index (κ3) is 3.26. The summed E-state index contributed by atoms with van der Waals surface area (Å²) in [4.78, 5) is 27.5. The number of fused-ring (bicyclic) bond motifs is 1. The maximum atomic E-state index is 12.9. The van der Waals surface area contributed by atoms with Crippen LogP contribution in [0.15, 0.2) is 24.3 Å². The Morgan fingerprint density at radius 2 is 1.73 bits per heavy atom. The van der Waals surface area contributed by atoms with Crippen LogP contribution in [0.3, 0.4) is 0 Å². The average molecular weight is 359 g/mol. The fourth-order valence-corrected chi connectivity index (χ4v) is 4.45. The monoisotopic (exact) mass is 359 g/mol. The molecule has 1 aromatic carbocycles. The first-order valence-corrected chi connectivity index (χ1v) is 9.43. The number of carbonyl (C=O) groups excluding carboxylic acids is 1. The Bertz CT molecular complexity index is 672. The second kappa shape index (κ2) is 7.20. The molecule has 3 atom stereocenters. The van der Waals surface area contributed by atoms with E-state index in [9.17, 15) is 14.9 Å². The van der Waals surface area contributed by atoms with Crippen molar-refractivity contribution in [3.8, 4) is 0 Å². The normalized spacial score (nSPS) is 28.7. The number of nitrogens with zero attached hydrogens (tertiary/aromatic N) is 3. The van der Waals surface area contributed by atoms with Crippen LogP contribution in [0, 0.1) is 16.0 Å². The Balaban J connectivity index is 1.34. The van der Waals surface area contributed by atoms with Crippen LogP contribution in [0.5, 0.6) is 0 Å². The number of nitro benzene ring substituents is 1. The predicted molar refractivity (Wildman–Crippen MR) is 97.7 cm³/mol. The molecule has 26 heavy (non-hydrogen) atoms. The van der Waals surface area contributed by atoms with E-state index in [4.69, 9.17) is 0 Å². The van der Waals surface area contributed by atoms with Gasteiger partial charge in [-0.3, -0.25) is 20.3 Å². The number of rotatable bonds is 3. The molecule has 8 heteroatoms. The van der Waals surface area contributed by atoms with Crippen LogP contribution in [0.4, 0.5) is 11.4 Å². The fourth-order valence-electron chi connectivity index (χ4n) is 4.45. The van der Waals surface area contributed by atoms with E-state index in [1.165, 1.54) is 25.0 Å². The molecule has 2 saturated heterocycles. The Morgan fingerprint density at radius 3 is 2.42 bits per heavy atom. The molecule has 2 N–H and O–H groups in total. The molecule has 0 bridgehead atoms. The second-order valence-electron chi connectivity index (χ2n) is 7.41. The van der Waals surface area contributed by atoms with Gasteiger partial charge in [0.05, 0.1) is 4.92 Å². The van der Waals surface area contributed by atoms with Crippen LogP contribution in [-0.4, -0.2) is 54.0 Å². The van der Waals surface area contributed by atoms with Gasteiger partial charge in [0.2, 0.25) is 5.91 Å². The van der Waals surface area contributed by atoms with Crippen molar-refractivity contribution in [3.05, 3.63) is 34.4 Å². The minimum atomic E-state index is -0.387. The highest BCUT2D eigenvalue weighted by Gasteiger charge is 2.42. The molecule has 1 aliphatic carbocycles. The summed E-state index contributed by atoms with van der Waals surface area (Å²) in [7, 11) is 0. The Kier molecular flexibility index (Phi) is 4.78. The van der Waals surface area contributed by atoms with Crippen LogP contribution in [0.2, 0.25) is 0 Å². The maximum Gasteiger partial charge on any atom is 0.269 e. The van der Waals surface area contributed by atoms with Crippen molar-refractivity contribution in [2.24, 2.45) is 5.92 Å². The van der Waals surface area contributed by atoms with Crippen molar-refractivity contribution < 1.29 is 9.72 Å². The summed E-state index contributed by atoms with van der Waals surface area (Å²) in [6.45, 7) is 2.87. The first kappa shape index (κ1) is 17.2. The maximum absolute atomic E-state index is 12.9. The van der Waals surface area contributed by atoms with E-state index in [1.807, 2.05) is 4.90 Å². The Hall–Kier alpha value is -2.19. The van der Waals surface area contributed by atoms with Crippen LogP contribution in [-0.2, 0) is 4.79 Å². The summed E-state index contributed by atoms with van der Waals surface area (Å²) in [5.41, 5.74) is 7.62. The minimum Gasteiger partial charge on any atom is -0.368 e. The highest BCUT2D eigenvalue weighted by Crippen LogP contribution is 2.31. The number of non-ortho nitro benzene ring substituents is 1. The zero-order chi connectivity index (χ0) is 18.1. The van der Waals surface area contributed by atoms with Crippen molar-refractivity contribution >= 4 is 17.3 Å². The number of piperazine rings is 1. The zero-order valence-corrected chi connectivity index (χ0v) is 14.8.